The number of nitrogens with one attached hydrogen (secondary N) is 1. The van der Waals surface area contributed by atoms with E-state index in [1.54, 1.807) is 0 Å². The van der Waals surface area contributed by atoms with Crippen molar-refractivity contribution in [3.05, 3.63) is 71.3 Å². The molecule has 22 heavy (non-hydrogen) atoms. The number of hydrogen-bond acceptors (Lipinski definition) is 2. The zero-order chi connectivity index (χ0) is 15.9. The molecular formula is C20H27NO. The molecule has 0 aromatic heterocycles. The molecule has 2 nitrogen and oxygen atoms in total. The number of hydrogen-bond donors (Lipinski definition) is 2. The highest BCUT2D eigenvalue weighted by molar-refractivity contribution is 5.24. The maximum Gasteiger partial charge on any atom is 0.0940 e. The molecular weight excluding hydrogens is 270 g/mol. The summed E-state index contributed by atoms with van der Waals surface area (Å²) in [6, 6.07) is 19.0. The van der Waals surface area contributed by atoms with E-state index in [9.17, 15) is 5.11 Å². The SMILES string of the molecule is Cc1ccc(C(O)C(C)NC(C)CCc2ccccc2)cc1. The first-order valence-electron chi connectivity index (χ1n) is 8.11. The molecule has 2 aromatic carbocycles. The van der Waals surface area contributed by atoms with Gasteiger partial charge in [-0.25, -0.2) is 0 Å². The Balaban J connectivity index is 1.82. The van der Waals surface area contributed by atoms with E-state index in [-0.39, 0.29) is 6.04 Å². The van der Waals surface area contributed by atoms with Crippen molar-refractivity contribution < 1.29 is 5.11 Å². The number of aliphatic hydroxyl groups excluding tert-OH is 1. The van der Waals surface area contributed by atoms with Gasteiger partial charge in [0.25, 0.3) is 0 Å². The molecule has 0 aliphatic rings. The van der Waals surface area contributed by atoms with Crippen LogP contribution in [0.5, 0.6) is 0 Å². The first-order valence-corrected chi connectivity index (χ1v) is 8.11. The Bertz CT molecular complexity index is 550. The van der Waals surface area contributed by atoms with Crippen molar-refractivity contribution in [1.82, 2.24) is 5.32 Å². The highest BCUT2D eigenvalue weighted by Crippen LogP contribution is 2.18. The molecule has 0 radical (unpaired) electrons. The Hall–Kier alpha value is -1.64. The van der Waals surface area contributed by atoms with Crippen molar-refractivity contribution >= 4 is 0 Å². The fourth-order valence-corrected chi connectivity index (χ4v) is 2.70. The minimum Gasteiger partial charge on any atom is -0.387 e. The van der Waals surface area contributed by atoms with Crippen LogP contribution in [0, 0.1) is 6.92 Å². The summed E-state index contributed by atoms with van der Waals surface area (Å²) in [6.45, 7) is 6.29. The Morgan fingerprint density at radius 3 is 2.23 bits per heavy atom. The molecule has 0 saturated carbocycles. The molecule has 118 valence electrons. The summed E-state index contributed by atoms with van der Waals surface area (Å²) < 4.78 is 0. The zero-order valence-corrected chi connectivity index (χ0v) is 13.8. The van der Waals surface area contributed by atoms with Crippen LogP contribution < -0.4 is 5.32 Å². The zero-order valence-electron chi connectivity index (χ0n) is 13.8. The number of rotatable bonds is 7. The van der Waals surface area contributed by atoms with Crippen LogP contribution in [0.3, 0.4) is 0 Å². The monoisotopic (exact) mass is 297 g/mol. The van der Waals surface area contributed by atoms with E-state index in [1.165, 1.54) is 11.1 Å². The van der Waals surface area contributed by atoms with Gasteiger partial charge in [-0.2, -0.15) is 0 Å². The van der Waals surface area contributed by atoms with Crippen molar-refractivity contribution in [2.24, 2.45) is 0 Å². The van der Waals surface area contributed by atoms with Crippen LogP contribution in [0.4, 0.5) is 0 Å². The van der Waals surface area contributed by atoms with E-state index in [2.05, 4.69) is 43.4 Å². The highest BCUT2D eigenvalue weighted by atomic mass is 16.3. The molecule has 2 heteroatoms. The summed E-state index contributed by atoms with van der Waals surface area (Å²) in [7, 11) is 0. The molecule has 3 unspecified atom stereocenters. The Morgan fingerprint density at radius 1 is 0.955 bits per heavy atom. The Morgan fingerprint density at radius 2 is 1.59 bits per heavy atom. The third-order valence-electron chi connectivity index (χ3n) is 4.15. The fourth-order valence-electron chi connectivity index (χ4n) is 2.70. The number of benzene rings is 2. The molecule has 0 amide bonds. The van der Waals surface area contributed by atoms with Gasteiger partial charge in [0.2, 0.25) is 0 Å². The number of aliphatic hydroxyl groups is 1. The van der Waals surface area contributed by atoms with Crippen LogP contribution in [-0.2, 0) is 6.42 Å². The van der Waals surface area contributed by atoms with Gasteiger partial charge in [-0.3, -0.25) is 0 Å². The van der Waals surface area contributed by atoms with Crippen molar-refractivity contribution in [3.8, 4) is 0 Å². The lowest BCUT2D eigenvalue weighted by Gasteiger charge is -2.25. The van der Waals surface area contributed by atoms with Crippen LogP contribution in [0.2, 0.25) is 0 Å². The molecule has 0 saturated heterocycles. The summed E-state index contributed by atoms with van der Waals surface area (Å²) in [5.74, 6) is 0. The molecule has 2 rings (SSSR count). The molecule has 3 atom stereocenters. The molecule has 2 N–H and O–H groups in total. The first-order chi connectivity index (χ1) is 10.6. The normalized spacial score (nSPS) is 15.3. The van der Waals surface area contributed by atoms with Crippen molar-refractivity contribution in [2.75, 3.05) is 0 Å². The summed E-state index contributed by atoms with van der Waals surface area (Å²) in [4.78, 5) is 0. The Labute approximate surface area is 134 Å². The van der Waals surface area contributed by atoms with E-state index < -0.39 is 6.10 Å². The van der Waals surface area contributed by atoms with E-state index in [4.69, 9.17) is 0 Å². The van der Waals surface area contributed by atoms with Gasteiger partial charge in [0.15, 0.2) is 0 Å². The smallest absolute Gasteiger partial charge is 0.0940 e. The summed E-state index contributed by atoms with van der Waals surface area (Å²) in [5, 5.41) is 14.0. The largest absolute Gasteiger partial charge is 0.387 e. The van der Waals surface area contributed by atoms with Crippen molar-refractivity contribution in [1.29, 1.82) is 0 Å². The van der Waals surface area contributed by atoms with E-state index in [0.29, 0.717) is 6.04 Å². The Kier molecular flexibility index (Phi) is 6.17. The quantitative estimate of drug-likeness (QED) is 0.809. The second-order valence-corrected chi connectivity index (χ2v) is 6.24. The predicted molar refractivity (Wildman–Crippen MR) is 93.0 cm³/mol. The second kappa shape index (κ2) is 8.11. The van der Waals surface area contributed by atoms with Gasteiger partial charge < -0.3 is 10.4 Å². The fraction of sp³-hybridized carbons (Fsp3) is 0.400. The van der Waals surface area contributed by atoms with Crippen LogP contribution >= 0.6 is 0 Å². The van der Waals surface area contributed by atoms with Crippen molar-refractivity contribution in [2.45, 2.75) is 51.8 Å². The lowest BCUT2D eigenvalue weighted by molar-refractivity contribution is 0.130. The molecule has 2 aromatic rings. The third kappa shape index (κ3) is 4.97. The van der Waals surface area contributed by atoms with Crippen LogP contribution in [0.1, 0.15) is 43.1 Å². The molecule has 0 bridgehead atoms. The van der Waals surface area contributed by atoms with E-state index >= 15 is 0 Å². The molecule has 0 fully saturated rings. The highest BCUT2D eigenvalue weighted by Gasteiger charge is 2.17. The maximum absolute atomic E-state index is 10.5. The minimum atomic E-state index is -0.472. The maximum atomic E-state index is 10.5. The van der Waals surface area contributed by atoms with Gasteiger partial charge >= 0.3 is 0 Å². The standard InChI is InChI=1S/C20H27NO/c1-15-9-13-19(14-10-15)20(22)17(3)21-16(2)11-12-18-7-5-4-6-8-18/h4-10,13-14,16-17,20-22H,11-12H2,1-3H3. The molecule has 0 aliphatic carbocycles. The average Bonchev–Trinajstić information content (AvgIpc) is 2.54. The molecule has 0 spiro atoms. The van der Waals surface area contributed by atoms with Gasteiger partial charge in [0, 0.05) is 12.1 Å². The van der Waals surface area contributed by atoms with E-state index in [0.717, 1.165) is 18.4 Å². The van der Waals surface area contributed by atoms with Crippen molar-refractivity contribution in [3.63, 3.8) is 0 Å². The lowest BCUT2D eigenvalue weighted by Crippen LogP contribution is -2.38. The van der Waals surface area contributed by atoms with Crippen LogP contribution in [0.15, 0.2) is 54.6 Å². The summed E-state index contributed by atoms with van der Waals surface area (Å²) in [5.41, 5.74) is 3.55. The molecule has 0 aliphatic heterocycles. The average molecular weight is 297 g/mol. The summed E-state index contributed by atoms with van der Waals surface area (Å²) in [6.07, 6.45) is 1.65. The van der Waals surface area contributed by atoms with Gasteiger partial charge in [0.05, 0.1) is 6.10 Å². The lowest BCUT2D eigenvalue weighted by atomic mass is 10.0. The second-order valence-electron chi connectivity index (χ2n) is 6.24. The van der Waals surface area contributed by atoms with Gasteiger partial charge in [-0.15, -0.1) is 0 Å². The van der Waals surface area contributed by atoms with E-state index in [1.807, 2.05) is 37.3 Å². The van der Waals surface area contributed by atoms with Gasteiger partial charge in [0.1, 0.15) is 0 Å². The third-order valence-corrected chi connectivity index (χ3v) is 4.15. The first kappa shape index (κ1) is 16.7. The van der Waals surface area contributed by atoms with Gasteiger partial charge in [-0.1, -0.05) is 60.2 Å². The minimum absolute atomic E-state index is 0.0356. The number of aryl methyl sites for hydroxylation is 2. The topological polar surface area (TPSA) is 32.3 Å². The van der Waals surface area contributed by atoms with Crippen LogP contribution in [0.25, 0.3) is 0 Å². The van der Waals surface area contributed by atoms with Gasteiger partial charge in [-0.05, 0) is 44.7 Å². The summed E-state index contributed by atoms with van der Waals surface area (Å²) >= 11 is 0. The predicted octanol–water partition coefficient (Wildman–Crippen LogP) is 4.03. The van der Waals surface area contributed by atoms with Crippen LogP contribution in [-0.4, -0.2) is 17.2 Å². The molecule has 0 heterocycles.